The summed E-state index contributed by atoms with van der Waals surface area (Å²) in [7, 11) is 0. The molecule has 6 heteroatoms. The first-order valence-corrected chi connectivity index (χ1v) is 8.37. The topological polar surface area (TPSA) is 81.1 Å². The van der Waals surface area contributed by atoms with Gasteiger partial charge >= 0.3 is 0 Å². The minimum absolute atomic E-state index is 0.101. The summed E-state index contributed by atoms with van der Waals surface area (Å²) < 4.78 is 0. The predicted molar refractivity (Wildman–Crippen MR) is 82.5 cm³/mol. The molecule has 6 nitrogen and oxygen atoms in total. The van der Waals surface area contributed by atoms with Gasteiger partial charge in [-0.1, -0.05) is 6.42 Å². The third-order valence-electron chi connectivity index (χ3n) is 5.36. The lowest BCUT2D eigenvalue weighted by molar-refractivity contribution is -0.132. The van der Waals surface area contributed by atoms with Crippen molar-refractivity contribution in [1.82, 2.24) is 9.80 Å². The van der Waals surface area contributed by atoms with Crippen LogP contribution in [-0.2, 0) is 9.59 Å². The Labute approximate surface area is 132 Å². The molecule has 0 aromatic carbocycles. The first-order valence-electron chi connectivity index (χ1n) is 8.37. The van der Waals surface area contributed by atoms with E-state index < -0.39 is 0 Å². The van der Waals surface area contributed by atoms with Gasteiger partial charge < -0.3 is 15.1 Å². The smallest absolute Gasteiger partial charge is 0.290 e. The summed E-state index contributed by atoms with van der Waals surface area (Å²) in [5, 5.41) is 17.1. The molecule has 22 heavy (non-hydrogen) atoms. The maximum Gasteiger partial charge on any atom is 0.290 e. The van der Waals surface area contributed by atoms with Crippen LogP contribution in [0.5, 0.6) is 0 Å². The Morgan fingerprint density at radius 2 is 1.77 bits per heavy atom. The second-order valence-corrected chi connectivity index (χ2v) is 6.78. The van der Waals surface area contributed by atoms with Gasteiger partial charge in [-0.25, -0.2) is 0 Å². The molecule has 0 aromatic rings. The van der Waals surface area contributed by atoms with Crippen LogP contribution >= 0.6 is 0 Å². The number of carbonyl (C=O) groups is 2. The van der Waals surface area contributed by atoms with Crippen molar-refractivity contribution in [2.24, 2.45) is 5.41 Å². The molecule has 2 atom stereocenters. The van der Waals surface area contributed by atoms with E-state index in [1.54, 1.807) is 0 Å². The van der Waals surface area contributed by atoms with E-state index in [1.165, 1.54) is 0 Å². The van der Waals surface area contributed by atoms with Gasteiger partial charge in [0.05, 0.1) is 12.6 Å². The highest BCUT2D eigenvalue weighted by Gasteiger charge is 2.44. The van der Waals surface area contributed by atoms with E-state index in [4.69, 9.17) is 9.90 Å². The molecule has 126 valence electrons. The quantitative estimate of drug-likeness (QED) is 0.742. The minimum Gasteiger partial charge on any atom is -0.483 e. The molecule has 2 saturated heterocycles. The van der Waals surface area contributed by atoms with Crippen LogP contribution in [0.1, 0.15) is 44.9 Å². The number of rotatable bonds is 2. The fourth-order valence-corrected chi connectivity index (χ4v) is 4.25. The molecule has 0 aromatic heterocycles. The van der Waals surface area contributed by atoms with Crippen LogP contribution in [-0.4, -0.2) is 71.2 Å². The zero-order valence-electron chi connectivity index (χ0n) is 13.2. The van der Waals surface area contributed by atoms with Crippen LogP contribution in [0.4, 0.5) is 0 Å². The fraction of sp³-hybridized carbons (Fsp3) is 0.875. The van der Waals surface area contributed by atoms with Crippen LogP contribution in [0.15, 0.2) is 0 Å². The van der Waals surface area contributed by atoms with Gasteiger partial charge in [0.15, 0.2) is 0 Å². The molecule has 3 aliphatic rings. The molecule has 3 fully saturated rings. The van der Waals surface area contributed by atoms with Gasteiger partial charge in [0.2, 0.25) is 5.91 Å². The minimum atomic E-state index is -0.250. The van der Waals surface area contributed by atoms with Gasteiger partial charge in [0, 0.05) is 25.0 Å². The summed E-state index contributed by atoms with van der Waals surface area (Å²) in [4.78, 5) is 24.9. The Morgan fingerprint density at radius 3 is 2.36 bits per heavy atom. The van der Waals surface area contributed by atoms with Crippen molar-refractivity contribution in [1.29, 1.82) is 0 Å². The zero-order valence-corrected chi connectivity index (χ0v) is 13.2. The maximum absolute atomic E-state index is 12.2. The van der Waals surface area contributed by atoms with Crippen LogP contribution in [0.3, 0.4) is 0 Å². The number of amides is 1. The van der Waals surface area contributed by atoms with E-state index in [0.29, 0.717) is 12.5 Å². The molecule has 2 heterocycles. The zero-order chi connectivity index (χ0) is 16.0. The van der Waals surface area contributed by atoms with E-state index in [0.717, 1.165) is 71.1 Å². The van der Waals surface area contributed by atoms with E-state index in [1.807, 2.05) is 4.90 Å². The summed E-state index contributed by atoms with van der Waals surface area (Å²) in [6.07, 6.45) is 7.69. The molecule has 0 unspecified atom stereocenters. The van der Waals surface area contributed by atoms with Crippen molar-refractivity contribution in [3.8, 4) is 0 Å². The Hall–Kier alpha value is -1.14. The average molecular weight is 312 g/mol. The molecule has 1 aliphatic carbocycles. The summed E-state index contributed by atoms with van der Waals surface area (Å²) in [6, 6.07) is 0. The van der Waals surface area contributed by atoms with Crippen molar-refractivity contribution in [3.05, 3.63) is 0 Å². The molecule has 1 spiro atoms. The largest absolute Gasteiger partial charge is 0.483 e. The normalized spacial score (nSPS) is 31.9. The van der Waals surface area contributed by atoms with Crippen molar-refractivity contribution in [2.75, 3.05) is 32.7 Å². The third-order valence-corrected chi connectivity index (χ3v) is 5.36. The van der Waals surface area contributed by atoms with Gasteiger partial charge in [-0.3, -0.25) is 14.5 Å². The van der Waals surface area contributed by atoms with Gasteiger partial charge in [-0.2, -0.15) is 0 Å². The van der Waals surface area contributed by atoms with Crippen molar-refractivity contribution >= 4 is 12.4 Å². The molecule has 0 radical (unpaired) electrons. The lowest BCUT2D eigenvalue weighted by Gasteiger charge is -2.42. The predicted octanol–water partition coefficient (Wildman–Crippen LogP) is 0.937. The standard InChI is InChI=1S/C15H26N2O2.CH2O2/c18-13-5-3-6-15(13)7-4-8-16(12-15)11-14(19)17-9-1-2-10-17;2-1-3/h13,18H,1-12H2;1H,(H,2,3)/t13-,15-;/m1./s1. The average Bonchev–Trinajstić information content (AvgIpc) is 3.12. The van der Waals surface area contributed by atoms with E-state index in [-0.39, 0.29) is 18.0 Å². The number of piperidine rings is 1. The van der Waals surface area contributed by atoms with E-state index in [9.17, 15) is 9.90 Å². The first-order chi connectivity index (χ1) is 10.6. The molecule has 0 bridgehead atoms. The number of aliphatic hydroxyl groups excluding tert-OH is 1. The molecule has 1 saturated carbocycles. The number of hydrogen-bond acceptors (Lipinski definition) is 4. The third kappa shape index (κ3) is 3.98. The summed E-state index contributed by atoms with van der Waals surface area (Å²) in [5.74, 6) is 0.294. The Balaban J connectivity index is 0.000000545. The van der Waals surface area contributed by atoms with Gasteiger partial charge in [-0.15, -0.1) is 0 Å². The first kappa shape index (κ1) is 17.2. The van der Waals surface area contributed by atoms with E-state index >= 15 is 0 Å². The second-order valence-electron chi connectivity index (χ2n) is 6.78. The van der Waals surface area contributed by atoms with Crippen LogP contribution in [0, 0.1) is 5.41 Å². The molecular weight excluding hydrogens is 284 g/mol. The fourth-order valence-electron chi connectivity index (χ4n) is 4.25. The Morgan fingerprint density at radius 1 is 1.14 bits per heavy atom. The van der Waals surface area contributed by atoms with Crippen molar-refractivity contribution in [2.45, 2.75) is 51.0 Å². The summed E-state index contributed by atoms with van der Waals surface area (Å²) >= 11 is 0. The maximum atomic E-state index is 12.2. The van der Waals surface area contributed by atoms with Gasteiger partial charge in [0.1, 0.15) is 0 Å². The lowest BCUT2D eigenvalue weighted by atomic mass is 9.77. The van der Waals surface area contributed by atoms with Crippen molar-refractivity contribution in [3.63, 3.8) is 0 Å². The number of aliphatic hydroxyl groups is 1. The number of hydrogen-bond donors (Lipinski definition) is 2. The number of nitrogens with zero attached hydrogens (tertiary/aromatic N) is 2. The van der Waals surface area contributed by atoms with E-state index in [2.05, 4.69) is 4.90 Å². The lowest BCUT2D eigenvalue weighted by Crippen LogP contribution is -2.50. The van der Waals surface area contributed by atoms with Crippen molar-refractivity contribution < 1.29 is 19.8 Å². The van der Waals surface area contributed by atoms with Crippen LogP contribution in [0.2, 0.25) is 0 Å². The Kier molecular flexibility index (Phi) is 6.20. The molecule has 2 aliphatic heterocycles. The monoisotopic (exact) mass is 312 g/mol. The molecule has 3 rings (SSSR count). The number of likely N-dealkylation sites (tertiary alicyclic amines) is 2. The SMILES string of the molecule is O=C(CN1CCC[C@]2(CCC[C@H]2O)C1)N1CCCC1.O=CO. The number of carboxylic acid groups (broad SMARTS) is 1. The molecule has 2 N–H and O–H groups in total. The highest BCUT2D eigenvalue weighted by Crippen LogP contribution is 2.44. The summed E-state index contributed by atoms with van der Waals surface area (Å²) in [5.41, 5.74) is 0.101. The van der Waals surface area contributed by atoms with Gasteiger partial charge in [-0.05, 0) is 45.1 Å². The molecule has 1 amide bonds. The van der Waals surface area contributed by atoms with Crippen LogP contribution in [0.25, 0.3) is 0 Å². The second kappa shape index (κ2) is 7.92. The highest BCUT2D eigenvalue weighted by atomic mass is 16.3. The number of carbonyl (C=O) groups excluding carboxylic acids is 1. The molecular formula is C16H28N2O4. The van der Waals surface area contributed by atoms with Gasteiger partial charge in [0.25, 0.3) is 6.47 Å². The summed E-state index contributed by atoms with van der Waals surface area (Å²) in [6.45, 7) is 4.15. The Bertz CT molecular complexity index is 384. The van der Waals surface area contributed by atoms with Crippen LogP contribution < -0.4 is 0 Å². The highest BCUT2D eigenvalue weighted by molar-refractivity contribution is 5.78.